The molecule has 0 saturated heterocycles. The first kappa shape index (κ1) is 67.6. The van der Waals surface area contributed by atoms with E-state index in [9.17, 15) is 14.4 Å². The van der Waals surface area contributed by atoms with Crippen molar-refractivity contribution < 1.29 is 33.1 Å². The number of rotatable bonds is 54. The van der Waals surface area contributed by atoms with Gasteiger partial charge >= 0.3 is 17.9 Å². The largest absolute Gasteiger partial charge is 0.465 e. The predicted octanol–water partition coefficient (Wildman–Crippen LogP) is 18.8. The fraction of sp³-hybridized carbons (Fsp3) is 0.857. The average molecular weight is 986 g/mol. The van der Waals surface area contributed by atoms with Crippen LogP contribution in [0.4, 0.5) is 0 Å². The minimum atomic E-state index is -0.805. The van der Waals surface area contributed by atoms with Crippen molar-refractivity contribution in [2.45, 2.75) is 297 Å². The lowest BCUT2D eigenvalue weighted by atomic mass is 9.86. The molecule has 0 bridgehead atoms. The molecule has 0 aromatic heterocycles. The van der Waals surface area contributed by atoms with Gasteiger partial charge in [0, 0.05) is 25.7 Å². The summed E-state index contributed by atoms with van der Waals surface area (Å²) in [7, 11) is 6.38. The summed E-state index contributed by atoms with van der Waals surface area (Å²) >= 11 is 0. The van der Waals surface area contributed by atoms with E-state index in [1.54, 1.807) is 0 Å². The molecular formula is C63H118NO6+. The third kappa shape index (κ3) is 50.5. The second-order valence-corrected chi connectivity index (χ2v) is 22.2. The number of unbranched alkanes of at least 4 members (excludes halogenated alkanes) is 33. The van der Waals surface area contributed by atoms with Gasteiger partial charge in [-0.1, -0.05) is 211 Å². The Kier molecular flexibility index (Phi) is 49.7. The summed E-state index contributed by atoms with van der Waals surface area (Å²) in [6.45, 7) is 7.76. The van der Waals surface area contributed by atoms with Gasteiger partial charge < -0.3 is 18.7 Å². The van der Waals surface area contributed by atoms with Crippen LogP contribution in [0.3, 0.4) is 0 Å². The zero-order valence-corrected chi connectivity index (χ0v) is 47.6. The summed E-state index contributed by atoms with van der Waals surface area (Å²) in [4.78, 5) is 39.5. The maximum atomic E-state index is 13.2. The first-order chi connectivity index (χ1) is 34.1. The molecule has 0 unspecified atom stereocenters. The Morgan fingerprint density at radius 3 is 0.771 bits per heavy atom. The summed E-state index contributed by atoms with van der Waals surface area (Å²) in [5.41, 5.74) is -0.805. The molecule has 7 heteroatoms. The third-order valence-corrected chi connectivity index (χ3v) is 13.9. The highest BCUT2D eigenvalue weighted by Gasteiger charge is 2.37. The molecule has 0 fully saturated rings. The van der Waals surface area contributed by atoms with Gasteiger partial charge in [-0.05, 0) is 96.3 Å². The Labute approximate surface area is 435 Å². The van der Waals surface area contributed by atoms with Crippen LogP contribution in [-0.4, -0.2) is 69.9 Å². The zero-order chi connectivity index (χ0) is 51.3. The fourth-order valence-electron chi connectivity index (χ4n) is 8.85. The van der Waals surface area contributed by atoms with Crippen molar-refractivity contribution in [2.24, 2.45) is 5.41 Å². The fourth-order valence-corrected chi connectivity index (χ4v) is 8.85. The summed E-state index contributed by atoms with van der Waals surface area (Å²) in [6, 6.07) is 0. The van der Waals surface area contributed by atoms with Crippen molar-refractivity contribution in [3.8, 4) is 0 Å². The van der Waals surface area contributed by atoms with Crippen LogP contribution in [0.1, 0.15) is 297 Å². The first-order valence-corrected chi connectivity index (χ1v) is 30.3. The van der Waals surface area contributed by atoms with Crippen LogP contribution >= 0.6 is 0 Å². The van der Waals surface area contributed by atoms with Crippen molar-refractivity contribution in [3.05, 3.63) is 36.5 Å². The van der Waals surface area contributed by atoms with Crippen LogP contribution in [0.5, 0.6) is 0 Å². The third-order valence-electron chi connectivity index (χ3n) is 13.9. The molecule has 0 rings (SSSR count). The topological polar surface area (TPSA) is 78.9 Å². The van der Waals surface area contributed by atoms with Crippen molar-refractivity contribution in [1.82, 2.24) is 0 Å². The van der Waals surface area contributed by atoms with Crippen molar-refractivity contribution in [1.29, 1.82) is 0 Å². The summed E-state index contributed by atoms with van der Waals surface area (Å²) in [6.07, 6.45) is 62.9. The number of quaternary nitrogens is 1. The molecule has 0 radical (unpaired) electrons. The summed E-state index contributed by atoms with van der Waals surface area (Å²) in [5, 5.41) is 0. The Hall–Kier alpha value is -2.41. The molecule has 0 amide bonds. The maximum Gasteiger partial charge on any atom is 0.305 e. The first-order valence-electron chi connectivity index (χ1n) is 30.3. The highest BCUT2D eigenvalue weighted by molar-refractivity contribution is 5.70. The normalized spacial score (nSPS) is 12.3. The number of esters is 3. The van der Waals surface area contributed by atoms with Crippen LogP contribution in [0.15, 0.2) is 36.5 Å². The van der Waals surface area contributed by atoms with Crippen molar-refractivity contribution in [2.75, 3.05) is 47.5 Å². The molecule has 7 nitrogen and oxygen atoms in total. The van der Waals surface area contributed by atoms with Gasteiger partial charge in [-0.3, -0.25) is 14.4 Å². The van der Waals surface area contributed by atoms with Crippen molar-refractivity contribution in [3.63, 3.8) is 0 Å². The van der Waals surface area contributed by atoms with E-state index >= 15 is 0 Å². The summed E-state index contributed by atoms with van der Waals surface area (Å²) in [5.74, 6) is -0.690. The Bertz CT molecular complexity index is 1110. The number of carbonyl (C=O) groups excluding carboxylic acids is 3. The van der Waals surface area contributed by atoms with E-state index in [4.69, 9.17) is 14.2 Å². The van der Waals surface area contributed by atoms with Crippen LogP contribution in [0.2, 0.25) is 0 Å². The zero-order valence-electron chi connectivity index (χ0n) is 47.6. The number of nitrogens with zero attached hydrogens (tertiary/aromatic N) is 1. The van der Waals surface area contributed by atoms with Gasteiger partial charge in [0.2, 0.25) is 0 Å². The Balaban J connectivity index is 5.01. The lowest BCUT2D eigenvalue weighted by Crippen LogP contribution is -2.45. The molecule has 0 aromatic carbocycles. The quantitative estimate of drug-likeness (QED) is 0.0199. The van der Waals surface area contributed by atoms with E-state index < -0.39 is 5.41 Å². The molecule has 0 aliphatic heterocycles. The average Bonchev–Trinajstić information content (AvgIpc) is 3.34. The second kappa shape index (κ2) is 51.5. The molecule has 0 N–H and O–H groups in total. The molecule has 0 aromatic rings. The standard InChI is InChI=1S/C63H118NO6/c1-7-10-13-16-19-22-25-28-31-34-37-40-43-46-49-52-60(65)68-57-63(55-56-64(4,5)6,58-69-61(66)53-50-47-44-41-38-35-32-29-26-23-20-17-14-11-8-2)59-70-62(67)54-51-48-45-42-39-36-33-30-27-24-21-18-15-12-9-3/h28-33H,7-27,34-59H2,1-6H3/q+1/b31-28-,32-29-,33-30?. The number of hydrogen-bond acceptors (Lipinski definition) is 6. The molecule has 0 spiro atoms. The molecule has 0 heterocycles. The lowest BCUT2D eigenvalue weighted by molar-refractivity contribution is -0.871. The number of allylic oxidation sites excluding steroid dienone is 6. The second-order valence-electron chi connectivity index (χ2n) is 22.2. The monoisotopic (exact) mass is 985 g/mol. The van der Waals surface area contributed by atoms with Gasteiger partial charge in [-0.15, -0.1) is 0 Å². The van der Waals surface area contributed by atoms with Crippen LogP contribution in [0, 0.1) is 5.41 Å². The molecule has 0 aliphatic rings. The van der Waals surface area contributed by atoms with Crippen LogP contribution in [-0.2, 0) is 28.6 Å². The lowest BCUT2D eigenvalue weighted by Gasteiger charge is -2.35. The molecule has 70 heavy (non-hydrogen) atoms. The van der Waals surface area contributed by atoms with Gasteiger partial charge in [0.25, 0.3) is 0 Å². The highest BCUT2D eigenvalue weighted by atomic mass is 16.6. The molecule has 0 saturated carbocycles. The molecule has 410 valence electrons. The molecule has 0 atom stereocenters. The summed E-state index contributed by atoms with van der Waals surface area (Å²) < 4.78 is 18.7. The molecule has 0 aliphatic carbocycles. The SMILES string of the molecule is CCCCCCCCC=CCCCCCCCC(=O)OCC(CC[N+](C)(C)C)(COC(=O)CCCCCCC/C=C\CCCCCCCC)COC(=O)CCCCCCC/C=C\CCCCCCCC. The van der Waals surface area contributed by atoms with Gasteiger partial charge in [-0.2, -0.15) is 0 Å². The smallest absolute Gasteiger partial charge is 0.305 e. The van der Waals surface area contributed by atoms with Gasteiger partial charge in [0.15, 0.2) is 0 Å². The van der Waals surface area contributed by atoms with E-state index in [2.05, 4.69) is 78.4 Å². The van der Waals surface area contributed by atoms with Crippen LogP contribution < -0.4 is 0 Å². The van der Waals surface area contributed by atoms with E-state index in [1.165, 1.54) is 173 Å². The van der Waals surface area contributed by atoms with Gasteiger partial charge in [-0.25, -0.2) is 0 Å². The van der Waals surface area contributed by atoms with E-state index in [-0.39, 0.29) is 37.7 Å². The number of hydrogen-bond donors (Lipinski definition) is 0. The van der Waals surface area contributed by atoms with Gasteiger partial charge in [0.1, 0.15) is 19.8 Å². The minimum Gasteiger partial charge on any atom is -0.465 e. The highest BCUT2D eigenvalue weighted by Crippen LogP contribution is 2.27. The minimum absolute atomic E-state index is 0.0677. The van der Waals surface area contributed by atoms with E-state index in [0.717, 1.165) is 83.6 Å². The van der Waals surface area contributed by atoms with E-state index in [1.807, 2.05) is 0 Å². The Morgan fingerprint density at radius 1 is 0.329 bits per heavy atom. The maximum absolute atomic E-state index is 13.2. The van der Waals surface area contributed by atoms with Gasteiger partial charge in [0.05, 0.1) is 33.1 Å². The van der Waals surface area contributed by atoms with Crippen molar-refractivity contribution >= 4 is 17.9 Å². The molecular weight excluding hydrogens is 867 g/mol. The van der Waals surface area contributed by atoms with Crippen LogP contribution in [0.25, 0.3) is 0 Å². The Morgan fingerprint density at radius 2 is 0.543 bits per heavy atom. The number of carbonyl (C=O) groups is 3. The number of ether oxygens (including phenoxy) is 3. The van der Waals surface area contributed by atoms with E-state index in [0.29, 0.717) is 30.2 Å². The predicted molar refractivity (Wildman–Crippen MR) is 301 cm³/mol.